The summed E-state index contributed by atoms with van der Waals surface area (Å²) in [6, 6.07) is 13.5. The number of hydrogen-bond donors (Lipinski definition) is 1. The smallest absolute Gasteiger partial charge is 0.160 e. The average molecular weight is 320 g/mol. The number of nitrogens with one attached hydrogen (secondary N) is 1. The van der Waals surface area contributed by atoms with Gasteiger partial charge in [0.15, 0.2) is 5.82 Å². The molecule has 1 atom stereocenters. The van der Waals surface area contributed by atoms with Crippen molar-refractivity contribution < 1.29 is 4.74 Å². The highest BCUT2D eigenvalue weighted by molar-refractivity contribution is 5.78. The van der Waals surface area contributed by atoms with Crippen molar-refractivity contribution in [1.82, 2.24) is 29.9 Å². The zero-order valence-corrected chi connectivity index (χ0v) is 13.1. The van der Waals surface area contributed by atoms with Crippen LogP contribution in [-0.4, -0.2) is 43.7 Å². The van der Waals surface area contributed by atoms with Gasteiger partial charge >= 0.3 is 0 Å². The van der Waals surface area contributed by atoms with Crippen LogP contribution < -0.4 is 0 Å². The number of rotatable bonds is 5. The minimum atomic E-state index is -0.137. The van der Waals surface area contributed by atoms with Crippen molar-refractivity contribution in [3.8, 4) is 11.5 Å². The number of methoxy groups -OCH3 is 1. The molecule has 24 heavy (non-hydrogen) atoms. The van der Waals surface area contributed by atoms with Crippen LogP contribution >= 0.6 is 0 Å². The number of H-pyrrole nitrogens is 1. The molecule has 3 aromatic heterocycles. The Bertz CT molecular complexity index is 913. The summed E-state index contributed by atoms with van der Waals surface area (Å²) in [6.07, 6.45) is 3.62. The number of aromatic amines is 1. The first-order valence-electron chi connectivity index (χ1n) is 7.62. The van der Waals surface area contributed by atoms with Crippen molar-refractivity contribution in [2.24, 2.45) is 0 Å². The first-order chi connectivity index (χ1) is 11.8. The molecule has 3 heterocycles. The van der Waals surface area contributed by atoms with Crippen molar-refractivity contribution in [3.05, 3.63) is 60.6 Å². The molecule has 7 nitrogen and oxygen atoms in total. The zero-order valence-electron chi connectivity index (χ0n) is 13.1. The van der Waals surface area contributed by atoms with E-state index in [-0.39, 0.29) is 6.04 Å². The molecule has 120 valence electrons. The second-order valence-corrected chi connectivity index (χ2v) is 5.41. The van der Waals surface area contributed by atoms with Gasteiger partial charge in [0.2, 0.25) is 0 Å². The number of fused-ring (bicyclic) bond motifs is 1. The first kappa shape index (κ1) is 14.5. The van der Waals surface area contributed by atoms with Crippen LogP contribution in [0.15, 0.2) is 54.9 Å². The number of aromatic nitrogens is 6. The molecule has 0 aliphatic rings. The van der Waals surface area contributed by atoms with Crippen molar-refractivity contribution >= 4 is 11.0 Å². The fraction of sp³-hybridized carbons (Fsp3) is 0.176. The fourth-order valence-electron chi connectivity index (χ4n) is 2.64. The van der Waals surface area contributed by atoms with Gasteiger partial charge in [-0.3, -0.25) is 4.98 Å². The molecule has 1 aromatic carbocycles. The molecule has 0 saturated carbocycles. The van der Waals surface area contributed by atoms with Gasteiger partial charge in [-0.05, 0) is 24.3 Å². The number of imidazole rings is 1. The van der Waals surface area contributed by atoms with Crippen LogP contribution in [0.1, 0.15) is 11.7 Å². The highest BCUT2D eigenvalue weighted by Gasteiger charge is 2.18. The maximum absolute atomic E-state index is 5.32. The van der Waals surface area contributed by atoms with Crippen molar-refractivity contribution in [3.63, 3.8) is 0 Å². The Labute approximate surface area is 138 Å². The number of pyridine rings is 1. The summed E-state index contributed by atoms with van der Waals surface area (Å²) in [5.41, 5.74) is 3.43. The summed E-state index contributed by atoms with van der Waals surface area (Å²) in [7, 11) is 1.66. The molecule has 0 amide bonds. The number of benzene rings is 1. The third-order valence-corrected chi connectivity index (χ3v) is 3.82. The Morgan fingerprint density at radius 3 is 2.83 bits per heavy atom. The number of nitrogens with zero attached hydrogens (tertiary/aromatic N) is 5. The van der Waals surface area contributed by atoms with E-state index in [1.165, 1.54) is 0 Å². The molecule has 4 rings (SSSR count). The summed E-state index contributed by atoms with van der Waals surface area (Å²) in [5, 5.41) is 8.49. The van der Waals surface area contributed by atoms with Gasteiger partial charge in [0, 0.05) is 13.3 Å². The van der Waals surface area contributed by atoms with Crippen molar-refractivity contribution in [2.45, 2.75) is 6.04 Å². The summed E-state index contributed by atoms with van der Waals surface area (Å²) < 4.78 is 7.08. The molecular formula is C17H16N6O. The van der Waals surface area contributed by atoms with Gasteiger partial charge < -0.3 is 9.72 Å². The van der Waals surface area contributed by atoms with E-state index in [0.717, 1.165) is 16.7 Å². The summed E-state index contributed by atoms with van der Waals surface area (Å²) >= 11 is 0. The van der Waals surface area contributed by atoms with E-state index in [0.29, 0.717) is 18.1 Å². The molecule has 1 N–H and O–H groups in total. The summed E-state index contributed by atoms with van der Waals surface area (Å²) in [5.74, 6) is 0.694. The predicted octanol–water partition coefficient (Wildman–Crippen LogP) is 2.45. The van der Waals surface area contributed by atoms with Crippen LogP contribution in [0.25, 0.3) is 22.6 Å². The van der Waals surface area contributed by atoms with Gasteiger partial charge in [-0.25, -0.2) is 9.67 Å². The highest BCUT2D eigenvalue weighted by Crippen LogP contribution is 2.21. The van der Waals surface area contributed by atoms with E-state index in [1.807, 2.05) is 48.7 Å². The third kappa shape index (κ3) is 2.65. The highest BCUT2D eigenvalue weighted by atomic mass is 16.5. The van der Waals surface area contributed by atoms with Crippen LogP contribution in [0.5, 0.6) is 0 Å². The molecule has 4 aromatic rings. The minimum absolute atomic E-state index is 0.137. The standard InChI is InChI=1S/C17H16N6O/c1-24-11-16(14-8-4-5-9-18-14)23-10-15(21-22-23)17-19-12-6-2-3-7-13(12)20-17/h2-10,16H,11H2,1H3,(H,19,20)/t16-/m0/s1. The maximum Gasteiger partial charge on any atom is 0.160 e. The van der Waals surface area contributed by atoms with Crippen LogP contribution in [0.3, 0.4) is 0 Å². The zero-order chi connectivity index (χ0) is 16.4. The van der Waals surface area contributed by atoms with Crippen molar-refractivity contribution in [1.29, 1.82) is 0 Å². The van der Waals surface area contributed by atoms with E-state index >= 15 is 0 Å². The third-order valence-electron chi connectivity index (χ3n) is 3.82. The summed E-state index contributed by atoms with van der Waals surface area (Å²) in [4.78, 5) is 12.2. The molecule has 0 saturated heterocycles. The second kappa shape index (κ2) is 6.21. The van der Waals surface area contributed by atoms with Crippen LogP contribution in [0, 0.1) is 0 Å². The molecule has 0 fully saturated rings. The van der Waals surface area contributed by atoms with E-state index < -0.39 is 0 Å². The average Bonchev–Trinajstić information content (AvgIpc) is 3.27. The second-order valence-electron chi connectivity index (χ2n) is 5.41. The van der Waals surface area contributed by atoms with Gasteiger partial charge in [0.25, 0.3) is 0 Å². The Hall–Kier alpha value is -3.06. The maximum atomic E-state index is 5.32. The topological polar surface area (TPSA) is 81.5 Å². The molecule has 0 radical (unpaired) electrons. The van der Waals surface area contributed by atoms with Crippen LogP contribution in [0.4, 0.5) is 0 Å². The molecule has 0 spiro atoms. The Kier molecular flexibility index (Phi) is 3.76. The van der Waals surface area contributed by atoms with Gasteiger partial charge in [-0.2, -0.15) is 0 Å². The first-order valence-corrected chi connectivity index (χ1v) is 7.62. The Morgan fingerprint density at radius 1 is 1.17 bits per heavy atom. The molecular weight excluding hydrogens is 304 g/mol. The molecule has 7 heteroatoms. The van der Waals surface area contributed by atoms with E-state index in [4.69, 9.17) is 4.74 Å². The lowest BCUT2D eigenvalue weighted by Crippen LogP contribution is -2.18. The number of hydrogen-bond acceptors (Lipinski definition) is 5. The van der Waals surface area contributed by atoms with E-state index in [1.54, 1.807) is 18.0 Å². The molecule has 0 unspecified atom stereocenters. The SMILES string of the molecule is COC[C@@H](c1ccccn1)n1cc(-c2nc3ccccc3[nH]2)nn1. The summed E-state index contributed by atoms with van der Waals surface area (Å²) in [6.45, 7) is 0.458. The fourth-order valence-corrected chi connectivity index (χ4v) is 2.64. The normalized spacial score (nSPS) is 12.5. The van der Waals surface area contributed by atoms with Crippen molar-refractivity contribution in [2.75, 3.05) is 13.7 Å². The van der Waals surface area contributed by atoms with E-state index in [2.05, 4.69) is 25.3 Å². The Balaban J connectivity index is 1.70. The van der Waals surface area contributed by atoms with E-state index in [9.17, 15) is 0 Å². The van der Waals surface area contributed by atoms with Gasteiger partial charge in [-0.1, -0.05) is 23.4 Å². The number of para-hydroxylation sites is 2. The van der Waals surface area contributed by atoms with Crippen LogP contribution in [0.2, 0.25) is 0 Å². The lowest BCUT2D eigenvalue weighted by molar-refractivity contribution is 0.162. The van der Waals surface area contributed by atoms with Crippen LogP contribution in [-0.2, 0) is 4.74 Å². The van der Waals surface area contributed by atoms with Gasteiger partial charge in [-0.15, -0.1) is 5.10 Å². The van der Waals surface area contributed by atoms with Gasteiger partial charge in [0.1, 0.15) is 11.7 Å². The number of ether oxygens (including phenoxy) is 1. The molecule has 0 bridgehead atoms. The largest absolute Gasteiger partial charge is 0.382 e. The Morgan fingerprint density at radius 2 is 2.04 bits per heavy atom. The molecule has 0 aliphatic carbocycles. The monoisotopic (exact) mass is 320 g/mol. The lowest BCUT2D eigenvalue weighted by atomic mass is 10.2. The lowest BCUT2D eigenvalue weighted by Gasteiger charge is -2.14. The van der Waals surface area contributed by atoms with Gasteiger partial charge in [0.05, 0.1) is 29.5 Å². The molecule has 0 aliphatic heterocycles. The quantitative estimate of drug-likeness (QED) is 0.611. The minimum Gasteiger partial charge on any atom is -0.382 e. The predicted molar refractivity (Wildman–Crippen MR) is 89.4 cm³/mol.